The number of hydrogen-bond acceptors (Lipinski definition) is 4. The number of carbonyl (C=O) groups excluding carboxylic acids is 2. The lowest BCUT2D eigenvalue weighted by Gasteiger charge is -2.22. The second-order valence-corrected chi connectivity index (χ2v) is 6.91. The predicted molar refractivity (Wildman–Crippen MR) is 86.8 cm³/mol. The molecule has 0 unspecified atom stereocenters. The largest absolute Gasteiger partial charge is 0.460 e. The number of benzene rings is 1. The average molecular weight is 317 g/mol. The Balaban J connectivity index is 2.19. The number of hydrogen-bond donors (Lipinski definition) is 1. The first kappa shape index (κ1) is 16.2. The fraction of sp³-hybridized carbons (Fsp3) is 0.294. The topological polar surface area (TPSA) is 69.4 Å². The van der Waals surface area contributed by atoms with Crippen LogP contribution >= 0.6 is 11.3 Å². The van der Waals surface area contributed by atoms with Crippen LogP contribution in [0.4, 0.5) is 0 Å². The van der Waals surface area contributed by atoms with E-state index in [2.05, 4.69) is 0 Å². The maximum absolute atomic E-state index is 12.5. The summed E-state index contributed by atoms with van der Waals surface area (Å²) in [5, 5.41) is 0. The molecule has 0 atom stereocenters. The van der Waals surface area contributed by atoms with Gasteiger partial charge in [0.25, 0.3) is 0 Å². The minimum Gasteiger partial charge on any atom is -0.460 e. The molecule has 2 N–H and O–H groups in total. The number of aryl methyl sites for hydroxylation is 1. The average Bonchev–Trinajstić information content (AvgIpc) is 2.89. The molecule has 116 valence electrons. The van der Waals surface area contributed by atoms with Gasteiger partial charge in [0.15, 0.2) is 0 Å². The van der Waals surface area contributed by atoms with Crippen molar-refractivity contribution >= 4 is 23.2 Å². The van der Waals surface area contributed by atoms with Crippen LogP contribution in [-0.4, -0.2) is 11.9 Å². The van der Waals surface area contributed by atoms with E-state index in [4.69, 9.17) is 10.5 Å². The SMILES string of the molecule is Cc1cc(C(N)=O)c(C(C)(C)C(=O)OCc2ccccc2)s1. The maximum atomic E-state index is 12.5. The second-order valence-electron chi connectivity index (χ2n) is 5.65. The van der Waals surface area contributed by atoms with Crippen molar-refractivity contribution < 1.29 is 14.3 Å². The number of nitrogens with two attached hydrogens (primary N) is 1. The van der Waals surface area contributed by atoms with Gasteiger partial charge in [-0.2, -0.15) is 0 Å². The molecule has 1 aromatic heterocycles. The number of amides is 1. The second kappa shape index (κ2) is 6.32. The van der Waals surface area contributed by atoms with Crippen molar-refractivity contribution in [3.8, 4) is 0 Å². The van der Waals surface area contributed by atoms with E-state index < -0.39 is 11.3 Å². The summed E-state index contributed by atoms with van der Waals surface area (Å²) >= 11 is 1.40. The van der Waals surface area contributed by atoms with Crippen LogP contribution in [0.25, 0.3) is 0 Å². The molecule has 0 aliphatic carbocycles. The molecule has 5 heteroatoms. The zero-order valence-electron chi connectivity index (χ0n) is 12.9. The Hall–Kier alpha value is -2.14. The van der Waals surface area contributed by atoms with Gasteiger partial charge in [0.2, 0.25) is 5.91 Å². The van der Waals surface area contributed by atoms with Gasteiger partial charge in [-0.15, -0.1) is 11.3 Å². The molecule has 0 spiro atoms. The third kappa shape index (κ3) is 3.36. The van der Waals surface area contributed by atoms with Gasteiger partial charge in [-0.05, 0) is 32.4 Å². The zero-order chi connectivity index (χ0) is 16.3. The van der Waals surface area contributed by atoms with Crippen molar-refractivity contribution in [2.75, 3.05) is 0 Å². The van der Waals surface area contributed by atoms with Gasteiger partial charge in [-0.3, -0.25) is 9.59 Å². The molecule has 22 heavy (non-hydrogen) atoms. The first-order chi connectivity index (χ1) is 10.3. The summed E-state index contributed by atoms with van der Waals surface area (Å²) in [6.45, 7) is 5.58. The fourth-order valence-corrected chi connectivity index (χ4v) is 3.26. The quantitative estimate of drug-likeness (QED) is 0.861. The molecule has 0 fully saturated rings. The van der Waals surface area contributed by atoms with Crippen molar-refractivity contribution in [1.29, 1.82) is 0 Å². The highest BCUT2D eigenvalue weighted by molar-refractivity contribution is 7.12. The summed E-state index contributed by atoms with van der Waals surface area (Å²) in [6.07, 6.45) is 0. The molecule has 1 amide bonds. The molecule has 1 heterocycles. The number of thiophene rings is 1. The molecule has 0 bridgehead atoms. The van der Waals surface area contributed by atoms with Crippen molar-refractivity contribution in [2.45, 2.75) is 32.8 Å². The molecule has 0 aliphatic rings. The van der Waals surface area contributed by atoms with Crippen LogP contribution in [0.15, 0.2) is 36.4 Å². The highest BCUT2D eigenvalue weighted by Crippen LogP contribution is 2.35. The normalized spacial score (nSPS) is 11.2. The van der Waals surface area contributed by atoms with Crippen molar-refractivity contribution in [3.05, 3.63) is 57.3 Å². The summed E-state index contributed by atoms with van der Waals surface area (Å²) < 4.78 is 5.41. The van der Waals surface area contributed by atoms with Gasteiger partial charge in [0.05, 0.1) is 11.0 Å². The zero-order valence-corrected chi connectivity index (χ0v) is 13.7. The third-order valence-corrected chi connectivity index (χ3v) is 4.79. The van der Waals surface area contributed by atoms with Gasteiger partial charge in [0, 0.05) is 9.75 Å². The smallest absolute Gasteiger partial charge is 0.317 e. The van der Waals surface area contributed by atoms with Gasteiger partial charge >= 0.3 is 5.97 Å². The highest BCUT2D eigenvalue weighted by Gasteiger charge is 2.36. The van der Waals surface area contributed by atoms with Crippen LogP contribution in [0.1, 0.15) is 39.5 Å². The van der Waals surface area contributed by atoms with Gasteiger partial charge in [-0.1, -0.05) is 30.3 Å². The lowest BCUT2D eigenvalue weighted by atomic mass is 9.89. The third-order valence-electron chi connectivity index (χ3n) is 3.41. The molecule has 4 nitrogen and oxygen atoms in total. The molecule has 0 saturated carbocycles. The number of rotatable bonds is 5. The van der Waals surface area contributed by atoms with E-state index in [1.54, 1.807) is 19.9 Å². The number of ether oxygens (including phenoxy) is 1. The molecule has 1 aromatic carbocycles. The van der Waals surface area contributed by atoms with E-state index in [-0.39, 0.29) is 12.6 Å². The molecule has 2 rings (SSSR count). The van der Waals surface area contributed by atoms with Gasteiger partial charge in [0.1, 0.15) is 6.61 Å². The Morgan fingerprint density at radius 3 is 2.45 bits per heavy atom. The van der Waals surface area contributed by atoms with Crippen molar-refractivity contribution in [2.24, 2.45) is 5.73 Å². The lowest BCUT2D eigenvalue weighted by molar-refractivity contribution is -0.150. The minimum atomic E-state index is -0.919. The van der Waals surface area contributed by atoms with Crippen LogP contribution < -0.4 is 5.73 Å². The van der Waals surface area contributed by atoms with E-state index in [9.17, 15) is 9.59 Å². The van der Waals surface area contributed by atoms with E-state index in [1.165, 1.54) is 11.3 Å². The summed E-state index contributed by atoms with van der Waals surface area (Å²) in [6, 6.07) is 11.2. The minimum absolute atomic E-state index is 0.208. The Morgan fingerprint density at radius 2 is 1.86 bits per heavy atom. The van der Waals surface area contributed by atoms with E-state index in [1.807, 2.05) is 37.3 Å². The summed E-state index contributed by atoms with van der Waals surface area (Å²) in [5.41, 5.74) is 5.80. The molecule has 0 saturated heterocycles. The summed E-state index contributed by atoms with van der Waals surface area (Å²) in [4.78, 5) is 25.6. The molecule has 2 aromatic rings. The van der Waals surface area contributed by atoms with E-state index >= 15 is 0 Å². The highest BCUT2D eigenvalue weighted by atomic mass is 32.1. The first-order valence-corrected chi connectivity index (χ1v) is 7.76. The van der Waals surface area contributed by atoms with Crippen LogP contribution in [0.5, 0.6) is 0 Å². The van der Waals surface area contributed by atoms with Crippen LogP contribution in [0.3, 0.4) is 0 Å². The Kier molecular flexibility index (Phi) is 4.66. The molecular formula is C17H19NO3S. The summed E-state index contributed by atoms with van der Waals surface area (Å²) in [5.74, 6) is -0.899. The molecule has 0 radical (unpaired) electrons. The standard InChI is InChI=1S/C17H19NO3S/c1-11-9-13(15(18)19)14(22-11)17(2,3)16(20)21-10-12-7-5-4-6-8-12/h4-9H,10H2,1-3H3,(H2,18,19). The maximum Gasteiger partial charge on any atom is 0.317 e. The van der Waals surface area contributed by atoms with Crippen LogP contribution in [0.2, 0.25) is 0 Å². The predicted octanol–water partition coefficient (Wildman–Crippen LogP) is 3.18. The molecule has 0 aliphatic heterocycles. The summed E-state index contributed by atoms with van der Waals surface area (Å²) in [7, 11) is 0. The number of carbonyl (C=O) groups is 2. The Labute approximate surface area is 133 Å². The fourth-order valence-electron chi connectivity index (χ4n) is 2.16. The number of esters is 1. The van der Waals surface area contributed by atoms with Crippen LogP contribution in [-0.2, 0) is 21.6 Å². The van der Waals surface area contributed by atoms with E-state index in [0.29, 0.717) is 10.4 Å². The molecular weight excluding hydrogens is 298 g/mol. The van der Waals surface area contributed by atoms with Crippen LogP contribution in [0, 0.1) is 6.92 Å². The van der Waals surface area contributed by atoms with Crippen molar-refractivity contribution in [1.82, 2.24) is 0 Å². The van der Waals surface area contributed by atoms with Gasteiger partial charge < -0.3 is 10.5 Å². The van der Waals surface area contributed by atoms with E-state index in [0.717, 1.165) is 10.4 Å². The first-order valence-electron chi connectivity index (χ1n) is 6.94. The van der Waals surface area contributed by atoms with Gasteiger partial charge in [-0.25, -0.2) is 0 Å². The Bertz CT molecular complexity index is 689. The lowest BCUT2D eigenvalue weighted by Crippen LogP contribution is -2.32. The monoisotopic (exact) mass is 317 g/mol. The Morgan fingerprint density at radius 1 is 1.23 bits per heavy atom. The van der Waals surface area contributed by atoms with Crippen molar-refractivity contribution in [3.63, 3.8) is 0 Å². The number of primary amides is 1.